The Kier molecular flexibility index (Phi) is 3.86. The number of benzene rings is 2. The minimum Gasteiger partial charge on any atom is -0.378 e. The van der Waals surface area contributed by atoms with Crippen LogP contribution < -0.4 is 4.90 Å². The van der Waals surface area contributed by atoms with Gasteiger partial charge in [0.2, 0.25) is 0 Å². The van der Waals surface area contributed by atoms with Crippen LogP contribution in [-0.4, -0.2) is 19.9 Å². The third-order valence-electron chi connectivity index (χ3n) is 2.83. The first-order valence-corrected chi connectivity index (χ1v) is 6.14. The van der Waals surface area contributed by atoms with Gasteiger partial charge in [0.15, 0.2) is 5.78 Å². The summed E-state index contributed by atoms with van der Waals surface area (Å²) < 4.78 is 13.3. The van der Waals surface area contributed by atoms with E-state index in [9.17, 15) is 9.18 Å². The lowest BCUT2D eigenvalue weighted by molar-refractivity contribution is 0.103. The van der Waals surface area contributed by atoms with Crippen LogP contribution in [0.15, 0.2) is 42.5 Å². The van der Waals surface area contributed by atoms with Crippen LogP contribution in [0.25, 0.3) is 0 Å². The zero-order chi connectivity index (χ0) is 14.0. The van der Waals surface area contributed by atoms with E-state index >= 15 is 0 Å². The topological polar surface area (TPSA) is 20.3 Å². The molecule has 98 valence electrons. The highest BCUT2D eigenvalue weighted by Crippen LogP contribution is 2.19. The molecule has 2 aromatic rings. The van der Waals surface area contributed by atoms with Gasteiger partial charge < -0.3 is 4.90 Å². The van der Waals surface area contributed by atoms with E-state index in [-0.39, 0.29) is 10.8 Å². The molecule has 0 fully saturated rings. The molecule has 0 aliphatic rings. The number of carbonyl (C=O) groups excluding carboxylic acids is 1. The molecule has 0 saturated carbocycles. The largest absolute Gasteiger partial charge is 0.378 e. The molecule has 0 N–H and O–H groups in total. The molecule has 0 radical (unpaired) electrons. The van der Waals surface area contributed by atoms with Crippen LogP contribution in [0.1, 0.15) is 15.9 Å². The fourth-order valence-corrected chi connectivity index (χ4v) is 1.83. The Bertz CT molecular complexity index is 608. The Morgan fingerprint density at radius 3 is 2.16 bits per heavy atom. The first-order valence-electron chi connectivity index (χ1n) is 5.76. The summed E-state index contributed by atoms with van der Waals surface area (Å²) in [7, 11) is 3.84. The molecule has 0 atom stereocenters. The zero-order valence-corrected chi connectivity index (χ0v) is 11.4. The van der Waals surface area contributed by atoms with Gasteiger partial charge in [0.05, 0.1) is 5.02 Å². The molecule has 19 heavy (non-hydrogen) atoms. The molecule has 0 unspecified atom stereocenters. The van der Waals surface area contributed by atoms with Crippen molar-refractivity contribution in [1.82, 2.24) is 0 Å². The lowest BCUT2D eigenvalue weighted by Crippen LogP contribution is -2.09. The predicted octanol–water partition coefficient (Wildman–Crippen LogP) is 3.78. The number of hydrogen-bond acceptors (Lipinski definition) is 2. The van der Waals surface area contributed by atoms with E-state index in [4.69, 9.17) is 11.6 Å². The van der Waals surface area contributed by atoms with Crippen molar-refractivity contribution in [2.45, 2.75) is 0 Å². The molecule has 4 heteroatoms. The summed E-state index contributed by atoms with van der Waals surface area (Å²) >= 11 is 5.60. The van der Waals surface area contributed by atoms with Crippen LogP contribution in [-0.2, 0) is 0 Å². The van der Waals surface area contributed by atoms with Crippen molar-refractivity contribution in [3.63, 3.8) is 0 Å². The third kappa shape index (κ3) is 2.93. The van der Waals surface area contributed by atoms with Crippen molar-refractivity contribution in [2.24, 2.45) is 0 Å². The highest BCUT2D eigenvalue weighted by Gasteiger charge is 2.11. The Balaban J connectivity index is 2.30. The fourth-order valence-electron chi connectivity index (χ4n) is 1.71. The van der Waals surface area contributed by atoms with Crippen molar-refractivity contribution in [3.05, 3.63) is 64.4 Å². The van der Waals surface area contributed by atoms with E-state index in [0.29, 0.717) is 11.1 Å². The van der Waals surface area contributed by atoms with E-state index in [1.165, 1.54) is 12.1 Å². The van der Waals surface area contributed by atoms with Crippen molar-refractivity contribution in [2.75, 3.05) is 19.0 Å². The summed E-state index contributed by atoms with van der Waals surface area (Å²) in [5, 5.41) is 0.0134. The van der Waals surface area contributed by atoms with Gasteiger partial charge in [-0.15, -0.1) is 0 Å². The summed E-state index contributed by atoms with van der Waals surface area (Å²) in [6.45, 7) is 0. The minimum atomic E-state index is -0.586. The minimum absolute atomic E-state index is 0.0134. The number of hydrogen-bond donors (Lipinski definition) is 0. The Labute approximate surface area is 116 Å². The Morgan fingerprint density at radius 1 is 1.05 bits per heavy atom. The first kappa shape index (κ1) is 13.6. The fraction of sp³-hybridized carbons (Fsp3) is 0.133. The van der Waals surface area contributed by atoms with Gasteiger partial charge in [-0.25, -0.2) is 4.39 Å². The van der Waals surface area contributed by atoms with Crippen LogP contribution >= 0.6 is 11.6 Å². The van der Waals surface area contributed by atoms with Crippen molar-refractivity contribution >= 4 is 23.1 Å². The van der Waals surface area contributed by atoms with Gasteiger partial charge in [-0.2, -0.15) is 0 Å². The average Bonchev–Trinajstić information content (AvgIpc) is 2.41. The maximum atomic E-state index is 13.3. The van der Waals surface area contributed by atoms with Gasteiger partial charge in [-0.1, -0.05) is 11.6 Å². The maximum Gasteiger partial charge on any atom is 0.193 e. The summed E-state index contributed by atoms with van der Waals surface area (Å²) in [5.41, 5.74) is 1.81. The second-order valence-electron chi connectivity index (χ2n) is 4.40. The van der Waals surface area contributed by atoms with Crippen molar-refractivity contribution in [3.8, 4) is 0 Å². The van der Waals surface area contributed by atoms with Crippen LogP contribution in [0.2, 0.25) is 5.02 Å². The van der Waals surface area contributed by atoms with E-state index in [0.717, 1.165) is 11.8 Å². The van der Waals surface area contributed by atoms with Crippen molar-refractivity contribution < 1.29 is 9.18 Å². The number of nitrogens with zero attached hydrogens (tertiary/aromatic N) is 1. The Morgan fingerprint density at radius 2 is 1.63 bits per heavy atom. The third-order valence-corrected chi connectivity index (χ3v) is 3.13. The lowest BCUT2D eigenvalue weighted by Gasteiger charge is -2.12. The van der Waals surface area contributed by atoms with Crippen LogP contribution in [0.3, 0.4) is 0 Å². The van der Waals surface area contributed by atoms with Gasteiger partial charge in [0.1, 0.15) is 5.82 Å². The molecule has 0 heterocycles. The number of halogens is 2. The quantitative estimate of drug-likeness (QED) is 0.796. The number of carbonyl (C=O) groups is 1. The SMILES string of the molecule is CN(C)c1ccc(C(=O)c2ccc(Cl)c(F)c2)cc1. The zero-order valence-electron chi connectivity index (χ0n) is 10.7. The van der Waals surface area contributed by atoms with Crippen molar-refractivity contribution in [1.29, 1.82) is 0 Å². The molecule has 0 spiro atoms. The number of ketones is 1. The molecule has 0 aliphatic heterocycles. The molecule has 0 aliphatic carbocycles. The van der Waals surface area contributed by atoms with Gasteiger partial charge in [0.25, 0.3) is 0 Å². The molecular weight excluding hydrogens is 265 g/mol. The first-order chi connectivity index (χ1) is 8.99. The van der Waals surface area contributed by atoms with E-state index in [2.05, 4.69) is 0 Å². The monoisotopic (exact) mass is 277 g/mol. The number of anilines is 1. The highest BCUT2D eigenvalue weighted by atomic mass is 35.5. The van der Waals surface area contributed by atoms with Gasteiger partial charge in [0, 0.05) is 30.9 Å². The molecule has 2 rings (SSSR count). The second-order valence-corrected chi connectivity index (χ2v) is 4.81. The molecule has 0 saturated heterocycles. The standard InChI is InChI=1S/C15H13ClFNO/c1-18(2)12-6-3-10(4-7-12)15(19)11-5-8-13(16)14(17)9-11/h3-9H,1-2H3. The number of rotatable bonds is 3. The molecular formula is C15H13ClFNO. The predicted molar refractivity (Wildman–Crippen MR) is 75.6 cm³/mol. The normalized spacial score (nSPS) is 10.3. The molecule has 0 amide bonds. The van der Waals surface area contributed by atoms with E-state index < -0.39 is 5.82 Å². The van der Waals surface area contributed by atoms with Gasteiger partial charge in [-0.05, 0) is 42.5 Å². The van der Waals surface area contributed by atoms with Gasteiger partial charge in [-0.3, -0.25) is 4.79 Å². The Hall–Kier alpha value is -1.87. The molecule has 0 bridgehead atoms. The summed E-state index contributed by atoms with van der Waals surface area (Å²) in [6.07, 6.45) is 0. The van der Waals surface area contributed by atoms with Crippen LogP contribution in [0.4, 0.5) is 10.1 Å². The van der Waals surface area contributed by atoms with Gasteiger partial charge >= 0.3 is 0 Å². The van der Waals surface area contributed by atoms with Crippen LogP contribution in [0, 0.1) is 5.82 Å². The van der Waals surface area contributed by atoms with Crippen LogP contribution in [0.5, 0.6) is 0 Å². The molecule has 0 aromatic heterocycles. The highest BCUT2D eigenvalue weighted by molar-refractivity contribution is 6.30. The molecule has 2 nitrogen and oxygen atoms in total. The average molecular weight is 278 g/mol. The maximum absolute atomic E-state index is 13.3. The van der Waals surface area contributed by atoms with E-state index in [1.54, 1.807) is 12.1 Å². The summed E-state index contributed by atoms with van der Waals surface area (Å²) in [4.78, 5) is 14.1. The van der Waals surface area contributed by atoms with E-state index in [1.807, 2.05) is 31.1 Å². The summed E-state index contributed by atoms with van der Waals surface area (Å²) in [5.74, 6) is -0.807. The molecule has 2 aromatic carbocycles. The second kappa shape index (κ2) is 5.41. The lowest BCUT2D eigenvalue weighted by atomic mass is 10.0. The smallest absolute Gasteiger partial charge is 0.193 e. The summed E-state index contributed by atoms with van der Waals surface area (Å²) in [6, 6.07) is 11.2.